The minimum Gasteiger partial charge on any atom is -0.306 e. The molecule has 0 bridgehead atoms. The van der Waals surface area contributed by atoms with Crippen molar-refractivity contribution in [2.75, 3.05) is 5.32 Å². The first-order valence-corrected chi connectivity index (χ1v) is 9.47. The molecule has 1 aromatic carbocycles. The number of aryl methyl sites for hydroxylation is 1. The van der Waals surface area contributed by atoms with Crippen LogP contribution >= 0.6 is 11.3 Å². The van der Waals surface area contributed by atoms with E-state index in [0.29, 0.717) is 22.8 Å². The summed E-state index contributed by atoms with van der Waals surface area (Å²) in [5, 5.41) is 3.05. The average Bonchev–Trinajstić information content (AvgIpc) is 3.27. The molecule has 3 heterocycles. The number of halogens is 3. The van der Waals surface area contributed by atoms with Gasteiger partial charge in [-0.1, -0.05) is 18.2 Å². The van der Waals surface area contributed by atoms with E-state index in [1.807, 2.05) is 25.3 Å². The summed E-state index contributed by atoms with van der Waals surface area (Å²) in [6.07, 6.45) is 0.917. The van der Waals surface area contributed by atoms with Gasteiger partial charge >= 0.3 is 6.18 Å². The fraction of sp³-hybridized carbons (Fsp3) is 0.150. The van der Waals surface area contributed by atoms with E-state index in [9.17, 15) is 18.0 Å². The van der Waals surface area contributed by atoms with Crippen molar-refractivity contribution in [3.8, 4) is 0 Å². The Hall–Kier alpha value is -3.20. The lowest BCUT2D eigenvalue weighted by Crippen LogP contribution is -2.11. The van der Waals surface area contributed by atoms with Crippen molar-refractivity contribution >= 4 is 28.0 Å². The quantitative estimate of drug-likeness (QED) is 0.512. The summed E-state index contributed by atoms with van der Waals surface area (Å²) < 4.78 is 40.3. The van der Waals surface area contributed by atoms with Gasteiger partial charge in [0.15, 0.2) is 5.13 Å². The molecule has 9 heteroatoms. The molecule has 0 aliphatic rings. The van der Waals surface area contributed by atoms with Gasteiger partial charge in [0.2, 0.25) is 0 Å². The zero-order chi connectivity index (χ0) is 20.6. The van der Waals surface area contributed by atoms with Crippen LogP contribution in [0.1, 0.15) is 32.1 Å². The first-order chi connectivity index (χ1) is 13.8. The lowest BCUT2D eigenvalue weighted by molar-refractivity contribution is -0.137. The van der Waals surface area contributed by atoms with E-state index in [1.54, 1.807) is 22.9 Å². The molecular weight excluding hydrogens is 401 g/mol. The molecule has 0 radical (unpaired) electrons. The Labute approximate surface area is 167 Å². The van der Waals surface area contributed by atoms with Crippen LogP contribution in [0.15, 0.2) is 55.0 Å². The number of hydrogen-bond donors (Lipinski definition) is 1. The lowest BCUT2D eigenvalue weighted by Gasteiger charge is -2.07. The second-order valence-corrected chi connectivity index (χ2v) is 7.67. The number of imidazole rings is 1. The Balaban J connectivity index is 1.47. The SMILES string of the molecule is Cc1ccn2cc(C(=O)Nc3ncc(Cc4cccc(C(F)(F)F)c4)s3)nc2c1. The third kappa shape index (κ3) is 4.29. The first kappa shape index (κ1) is 19.1. The maximum atomic E-state index is 12.8. The highest BCUT2D eigenvalue weighted by Gasteiger charge is 2.30. The third-order valence-electron chi connectivity index (χ3n) is 4.26. The van der Waals surface area contributed by atoms with Crippen LogP contribution in [0.4, 0.5) is 18.3 Å². The van der Waals surface area contributed by atoms with Crippen LogP contribution in [-0.4, -0.2) is 20.3 Å². The van der Waals surface area contributed by atoms with Crippen molar-refractivity contribution in [1.82, 2.24) is 14.4 Å². The van der Waals surface area contributed by atoms with E-state index in [2.05, 4.69) is 15.3 Å². The number of carbonyl (C=O) groups excluding carboxylic acids is 1. The Morgan fingerprint density at radius 3 is 2.86 bits per heavy atom. The summed E-state index contributed by atoms with van der Waals surface area (Å²) >= 11 is 1.21. The Kier molecular flexibility index (Phi) is 4.83. The summed E-state index contributed by atoms with van der Waals surface area (Å²) in [6.45, 7) is 1.94. The van der Waals surface area contributed by atoms with Crippen molar-refractivity contribution < 1.29 is 18.0 Å². The van der Waals surface area contributed by atoms with E-state index in [4.69, 9.17) is 0 Å². The van der Waals surface area contributed by atoms with Gasteiger partial charge in [-0.05, 0) is 36.2 Å². The number of benzene rings is 1. The van der Waals surface area contributed by atoms with Gasteiger partial charge in [-0.15, -0.1) is 11.3 Å². The normalized spacial score (nSPS) is 11.7. The van der Waals surface area contributed by atoms with Crippen LogP contribution in [0.3, 0.4) is 0 Å². The second-order valence-electron chi connectivity index (χ2n) is 6.56. The van der Waals surface area contributed by atoms with E-state index >= 15 is 0 Å². The number of alkyl halides is 3. The number of pyridine rings is 1. The fourth-order valence-corrected chi connectivity index (χ4v) is 3.70. The predicted octanol–water partition coefficient (Wildman–Crippen LogP) is 4.96. The van der Waals surface area contributed by atoms with E-state index < -0.39 is 17.6 Å². The maximum absolute atomic E-state index is 12.8. The molecule has 0 spiro atoms. The largest absolute Gasteiger partial charge is 0.416 e. The molecule has 148 valence electrons. The van der Waals surface area contributed by atoms with Crippen LogP contribution in [0, 0.1) is 6.92 Å². The molecule has 4 aromatic rings. The van der Waals surface area contributed by atoms with Gasteiger partial charge in [0.1, 0.15) is 11.3 Å². The van der Waals surface area contributed by atoms with Crippen LogP contribution in [-0.2, 0) is 12.6 Å². The molecule has 0 atom stereocenters. The van der Waals surface area contributed by atoms with Crippen molar-refractivity contribution in [3.63, 3.8) is 0 Å². The highest BCUT2D eigenvalue weighted by Crippen LogP contribution is 2.30. The number of anilines is 1. The number of carbonyl (C=O) groups is 1. The Morgan fingerprint density at radius 1 is 1.24 bits per heavy atom. The van der Waals surface area contributed by atoms with Crippen LogP contribution in [0.25, 0.3) is 5.65 Å². The van der Waals surface area contributed by atoms with Crippen LogP contribution in [0.2, 0.25) is 0 Å². The minimum atomic E-state index is -4.38. The van der Waals surface area contributed by atoms with Gasteiger partial charge in [-0.2, -0.15) is 13.2 Å². The number of aromatic nitrogens is 3. The molecule has 0 aliphatic heterocycles. The molecule has 1 N–H and O–H groups in total. The topological polar surface area (TPSA) is 59.3 Å². The molecular formula is C20H15F3N4OS. The van der Waals surface area contributed by atoms with Gasteiger partial charge in [0, 0.05) is 29.9 Å². The number of hydrogen-bond acceptors (Lipinski definition) is 4. The smallest absolute Gasteiger partial charge is 0.306 e. The molecule has 4 rings (SSSR count). The molecule has 0 saturated carbocycles. The third-order valence-corrected chi connectivity index (χ3v) is 5.17. The molecule has 0 saturated heterocycles. The predicted molar refractivity (Wildman–Crippen MR) is 104 cm³/mol. The van der Waals surface area contributed by atoms with Gasteiger partial charge in [-0.3, -0.25) is 10.1 Å². The summed E-state index contributed by atoms with van der Waals surface area (Å²) in [5.74, 6) is -0.397. The lowest BCUT2D eigenvalue weighted by atomic mass is 10.1. The number of nitrogens with one attached hydrogen (secondary N) is 1. The van der Waals surface area contributed by atoms with Crippen molar-refractivity contribution in [2.45, 2.75) is 19.5 Å². The highest BCUT2D eigenvalue weighted by atomic mass is 32.1. The van der Waals surface area contributed by atoms with E-state index in [1.165, 1.54) is 17.4 Å². The Morgan fingerprint density at radius 2 is 2.07 bits per heavy atom. The summed E-state index contributed by atoms with van der Waals surface area (Å²) in [4.78, 5) is 21.6. The summed E-state index contributed by atoms with van der Waals surface area (Å²) in [5.41, 5.74) is 1.80. The highest BCUT2D eigenvalue weighted by molar-refractivity contribution is 7.15. The minimum absolute atomic E-state index is 0.255. The zero-order valence-electron chi connectivity index (χ0n) is 15.2. The average molecular weight is 416 g/mol. The van der Waals surface area contributed by atoms with Gasteiger partial charge in [-0.25, -0.2) is 9.97 Å². The zero-order valence-corrected chi connectivity index (χ0v) is 16.0. The molecule has 0 fully saturated rings. The maximum Gasteiger partial charge on any atom is 0.416 e. The molecule has 5 nitrogen and oxygen atoms in total. The van der Waals surface area contributed by atoms with Crippen LogP contribution in [0.5, 0.6) is 0 Å². The Bertz CT molecular complexity index is 1200. The first-order valence-electron chi connectivity index (χ1n) is 8.65. The standard InChI is InChI=1S/C20H15F3N4OS/c1-12-5-6-27-11-16(25-17(27)7-12)18(28)26-19-24-10-15(29-19)9-13-3-2-4-14(8-13)20(21,22)23/h2-8,10-11H,9H2,1H3,(H,24,26,28). The van der Waals surface area contributed by atoms with E-state index in [0.717, 1.165) is 22.6 Å². The van der Waals surface area contributed by atoms with Crippen molar-refractivity contribution in [3.05, 3.63) is 82.3 Å². The summed E-state index contributed by atoms with van der Waals surface area (Å²) in [6, 6.07) is 8.96. The molecule has 29 heavy (non-hydrogen) atoms. The molecule has 3 aromatic heterocycles. The summed E-state index contributed by atoms with van der Waals surface area (Å²) in [7, 11) is 0. The van der Waals surface area contributed by atoms with Crippen molar-refractivity contribution in [1.29, 1.82) is 0 Å². The number of amides is 1. The number of rotatable bonds is 4. The fourth-order valence-electron chi connectivity index (χ4n) is 2.86. The molecule has 0 unspecified atom stereocenters. The molecule has 1 amide bonds. The van der Waals surface area contributed by atoms with Gasteiger partial charge < -0.3 is 4.40 Å². The van der Waals surface area contributed by atoms with Crippen LogP contribution < -0.4 is 5.32 Å². The number of fused-ring (bicyclic) bond motifs is 1. The van der Waals surface area contributed by atoms with Crippen molar-refractivity contribution in [2.24, 2.45) is 0 Å². The molecule has 0 aliphatic carbocycles. The van der Waals surface area contributed by atoms with Gasteiger partial charge in [0.25, 0.3) is 5.91 Å². The number of nitrogens with zero attached hydrogens (tertiary/aromatic N) is 3. The van der Waals surface area contributed by atoms with Gasteiger partial charge in [0.05, 0.1) is 5.56 Å². The monoisotopic (exact) mass is 416 g/mol. The number of thiazole rings is 1. The second kappa shape index (κ2) is 7.32. The van der Waals surface area contributed by atoms with E-state index in [-0.39, 0.29) is 5.69 Å².